The van der Waals surface area contributed by atoms with Crippen molar-refractivity contribution in [2.75, 3.05) is 19.7 Å². The third-order valence-electron chi connectivity index (χ3n) is 6.70. The first-order chi connectivity index (χ1) is 16.3. The van der Waals surface area contributed by atoms with E-state index in [0.717, 1.165) is 22.3 Å². The first-order valence-electron chi connectivity index (χ1n) is 12.0. The number of benzene rings is 2. The number of nitrogens with one attached hydrogen (secondary N) is 1. The van der Waals surface area contributed by atoms with Gasteiger partial charge in [-0.2, -0.15) is 0 Å². The van der Waals surface area contributed by atoms with Crippen molar-refractivity contribution in [3.63, 3.8) is 0 Å². The van der Waals surface area contributed by atoms with Crippen molar-refractivity contribution in [2.24, 2.45) is 11.8 Å². The number of carboxylic acids is 1. The molecule has 7 heteroatoms. The highest BCUT2D eigenvalue weighted by Crippen LogP contribution is 2.44. The second-order valence-electron chi connectivity index (χ2n) is 9.69. The van der Waals surface area contributed by atoms with Gasteiger partial charge in [0.1, 0.15) is 12.6 Å². The number of carbonyl (C=O) groups is 3. The van der Waals surface area contributed by atoms with Crippen molar-refractivity contribution in [3.8, 4) is 11.1 Å². The third-order valence-corrected chi connectivity index (χ3v) is 6.70. The van der Waals surface area contributed by atoms with Gasteiger partial charge in [-0.15, -0.1) is 0 Å². The first kappa shape index (κ1) is 23.8. The lowest BCUT2D eigenvalue weighted by Crippen LogP contribution is -2.48. The Hall–Kier alpha value is -3.35. The van der Waals surface area contributed by atoms with E-state index in [-0.39, 0.29) is 36.7 Å². The Labute approximate surface area is 200 Å². The van der Waals surface area contributed by atoms with Gasteiger partial charge < -0.3 is 20.1 Å². The van der Waals surface area contributed by atoms with E-state index in [4.69, 9.17) is 9.84 Å². The smallest absolute Gasteiger partial charge is 0.407 e. The van der Waals surface area contributed by atoms with Gasteiger partial charge in [-0.05, 0) is 46.9 Å². The molecule has 0 bridgehead atoms. The Balaban J connectivity index is 1.39. The van der Waals surface area contributed by atoms with Crippen molar-refractivity contribution in [3.05, 3.63) is 59.7 Å². The van der Waals surface area contributed by atoms with Gasteiger partial charge in [0, 0.05) is 25.4 Å². The molecule has 4 rings (SSSR count). The molecule has 1 saturated heterocycles. The highest BCUT2D eigenvalue weighted by atomic mass is 16.5. The van der Waals surface area contributed by atoms with Crippen LogP contribution < -0.4 is 5.32 Å². The van der Waals surface area contributed by atoms with Crippen LogP contribution in [0.3, 0.4) is 0 Å². The van der Waals surface area contributed by atoms with Crippen molar-refractivity contribution >= 4 is 18.0 Å². The highest BCUT2D eigenvalue weighted by molar-refractivity contribution is 5.86. The van der Waals surface area contributed by atoms with Crippen LogP contribution in [0.1, 0.15) is 50.2 Å². The molecule has 2 aromatic carbocycles. The second-order valence-corrected chi connectivity index (χ2v) is 9.69. The van der Waals surface area contributed by atoms with Crippen LogP contribution in [0.25, 0.3) is 11.1 Å². The van der Waals surface area contributed by atoms with Gasteiger partial charge in [0.25, 0.3) is 0 Å². The molecular weight excluding hydrogens is 432 g/mol. The minimum atomic E-state index is -0.852. The van der Waals surface area contributed by atoms with Gasteiger partial charge in [-0.3, -0.25) is 9.59 Å². The molecule has 2 aromatic rings. The van der Waals surface area contributed by atoms with Crippen molar-refractivity contribution in [1.82, 2.24) is 10.2 Å². The van der Waals surface area contributed by atoms with Crippen LogP contribution in [0.15, 0.2) is 48.5 Å². The molecule has 34 heavy (non-hydrogen) atoms. The summed E-state index contributed by atoms with van der Waals surface area (Å²) in [7, 11) is 0. The van der Waals surface area contributed by atoms with E-state index in [1.165, 1.54) is 0 Å². The summed E-state index contributed by atoms with van der Waals surface area (Å²) < 4.78 is 5.64. The number of carbonyl (C=O) groups excluding carboxylic acids is 2. The Bertz CT molecular complexity index is 1020. The number of likely N-dealkylation sites (tertiary alicyclic amines) is 1. The summed E-state index contributed by atoms with van der Waals surface area (Å²) in [4.78, 5) is 38.6. The molecule has 0 radical (unpaired) electrons. The molecule has 0 aromatic heterocycles. The van der Waals surface area contributed by atoms with E-state index < -0.39 is 18.1 Å². The molecule has 2 amide bonds. The number of ether oxygens (including phenoxy) is 1. The quantitative estimate of drug-likeness (QED) is 0.609. The summed E-state index contributed by atoms with van der Waals surface area (Å²) in [5.74, 6) is -0.923. The minimum absolute atomic E-state index is 0.0457. The fourth-order valence-corrected chi connectivity index (χ4v) is 5.14. The van der Waals surface area contributed by atoms with Gasteiger partial charge >= 0.3 is 12.1 Å². The molecule has 180 valence electrons. The molecular formula is C27H32N2O5. The van der Waals surface area contributed by atoms with Crippen LogP contribution in [-0.4, -0.2) is 53.7 Å². The molecule has 2 atom stereocenters. The molecule has 2 N–H and O–H groups in total. The van der Waals surface area contributed by atoms with Gasteiger partial charge in [-0.25, -0.2) is 4.79 Å². The number of hydrogen-bond acceptors (Lipinski definition) is 4. The van der Waals surface area contributed by atoms with Crippen LogP contribution in [0.2, 0.25) is 0 Å². The van der Waals surface area contributed by atoms with Crippen molar-refractivity contribution < 1.29 is 24.2 Å². The molecule has 0 spiro atoms. The maximum Gasteiger partial charge on any atom is 0.407 e. The number of alkyl carbamates (subject to hydrolysis) is 1. The SMILES string of the molecule is CC(C)C[C@@H](NC(=O)OCC1c2ccccc2-c2ccccc21)C(=O)N1CCC(CC(=O)O)C1. The summed E-state index contributed by atoms with van der Waals surface area (Å²) in [5.41, 5.74) is 4.58. The maximum absolute atomic E-state index is 13.1. The Kier molecular flexibility index (Phi) is 7.20. The average molecular weight is 465 g/mol. The number of carboxylic acid groups (broad SMARTS) is 1. The van der Waals surface area contributed by atoms with E-state index in [0.29, 0.717) is 25.9 Å². The summed E-state index contributed by atoms with van der Waals surface area (Å²) in [6.07, 6.45) is 0.598. The fourth-order valence-electron chi connectivity index (χ4n) is 5.14. The summed E-state index contributed by atoms with van der Waals surface area (Å²) in [6, 6.07) is 15.6. The highest BCUT2D eigenvalue weighted by Gasteiger charge is 2.34. The lowest BCUT2D eigenvalue weighted by Gasteiger charge is -2.25. The summed E-state index contributed by atoms with van der Waals surface area (Å²) in [6.45, 7) is 5.10. The Morgan fingerprint density at radius 3 is 2.26 bits per heavy atom. The number of hydrogen-bond donors (Lipinski definition) is 2. The summed E-state index contributed by atoms with van der Waals surface area (Å²) >= 11 is 0. The Morgan fingerprint density at radius 2 is 1.68 bits per heavy atom. The largest absolute Gasteiger partial charge is 0.481 e. The van der Waals surface area contributed by atoms with E-state index in [1.807, 2.05) is 38.1 Å². The monoisotopic (exact) mass is 464 g/mol. The fraction of sp³-hybridized carbons (Fsp3) is 0.444. The average Bonchev–Trinajstić information content (AvgIpc) is 3.38. The number of aliphatic carboxylic acids is 1. The molecule has 1 aliphatic carbocycles. The number of fused-ring (bicyclic) bond motifs is 3. The van der Waals surface area contributed by atoms with Crippen LogP contribution in [0.5, 0.6) is 0 Å². The zero-order valence-corrected chi connectivity index (χ0v) is 19.7. The first-order valence-corrected chi connectivity index (χ1v) is 12.0. The Morgan fingerprint density at radius 1 is 1.06 bits per heavy atom. The van der Waals surface area contributed by atoms with E-state index in [2.05, 4.69) is 29.6 Å². The maximum atomic E-state index is 13.1. The van der Waals surface area contributed by atoms with Gasteiger partial charge in [-0.1, -0.05) is 62.4 Å². The van der Waals surface area contributed by atoms with Gasteiger partial charge in [0.2, 0.25) is 5.91 Å². The number of nitrogens with zero attached hydrogens (tertiary/aromatic N) is 1. The van der Waals surface area contributed by atoms with E-state index >= 15 is 0 Å². The number of rotatable bonds is 8. The minimum Gasteiger partial charge on any atom is -0.481 e. The van der Waals surface area contributed by atoms with E-state index in [9.17, 15) is 14.4 Å². The van der Waals surface area contributed by atoms with Gasteiger partial charge in [0.05, 0.1) is 0 Å². The van der Waals surface area contributed by atoms with Gasteiger partial charge in [0.15, 0.2) is 0 Å². The molecule has 1 heterocycles. The zero-order valence-electron chi connectivity index (χ0n) is 19.7. The second kappa shape index (κ2) is 10.3. The van der Waals surface area contributed by atoms with Crippen molar-refractivity contribution in [1.29, 1.82) is 0 Å². The predicted octanol–water partition coefficient (Wildman–Crippen LogP) is 4.26. The zero-order chi connectivity index (χ0) is 24.2. The molecule has 1 unspecified atom stereocenters. The van der Waals surface area contributed by atoms with Crippen LogP contribution in [0, 0.1) is 11.8 Å². The van der Waals surface area contributed by atoms with Crippen LogP contribution in [-0.2, 0) is 14.3 Å². The summed E-state index contributed by atoms with van der Waals surface area (Å²) in [5, 5.41) is 11.8. The molecule has 1 aliphatic heterocycles. The molecule has 0 saturated carbocycles. The number of amides is 2. The predicted molar refractivity (Wildman–Crippen MR) is 128 cm³/mol. The van der Waals surface area contributed by atoms with Crippen LogP contribution in [0.4, 0.5) is 4.79 Å². The molecule has 2 aliphatic rings. The lowest BCUT2D eigenvalue weighted by molar-refractivity contribution is -0.138. The standard InChI is InChI=1S/C27H32N2O5/c1-17(2)13-24(26(32)29-12-11-18(15-29)14-25(30)31)28-27(33)34-16-23-21-9-5-3-7-19(21)20-8-4-6-10-22(20)23/h3-10,17-18,23-24H,11-16H2,1-2H3,(H,28,33)(H,30,31)/t18?,24-/m1/s1. The third kappa shape index (κ3) is 5.24. The molecule has 7 nitrogen and oxygen atoms in total. The van der Waals surface area contributed by atoms with E-state index in [1.54, 1.807) is 4.90 Å². The molecule has 1 fully saturated rings. The van der Waals surface area contributed by atoms with Crippen molar-refractivity contribution in [2.45, 2.75) is 45.1 Å². The lowest BCUT2D eigenvalue weighted by atomic mass is 9.98. The topological polar surface area (TPSA) is 95.9 Å². The normalized spacial score (nSPS) is 17.9. The van der Waals surface area contributed by atoms with Crippen LogP contribution >= 0.6 is 0 Å².